The molecule has 3 nitrogen and oxygen atoms in total. The Balaban J connectivity index is 1.56. The van der Waals surface area contributed by atoms with E-state index in [1.807, 2.05) is 0 Å². The van der Waals surface area contributed by atoms with Gasteiger partial charge in [0.1, 0.15) is 0 Å². The first-order valence-corrected chi connectivity index (χ1v) is 13.5. The molecular weight excluding hydrogens is 474 g/mol. The zero-order valence-electron chi connectivity index (χ0n) is 20.9. The largest absolute Gasteiger partial charge is 0.353 e. The van der Waals surface area contributed by atoms with Crippen molar-refractivity contribution in [2.45, 2.75) is 0 Å². The van der Waals surface area contributed by atoms with Crippen molar-refractivity contribution in [3.8, 4) is 0 Å². The maximum absolute atomic E-state index is 3.94. The van der Waals surface area contributed by atoms with Crippen molar-refractivity contribution in [3.63, 3.8) is 0 Å². The lowest BCUT2D eigenvalue weighted by molar-refractivity contribution is 1.53. The van der Waals surface area contributed by atoms with Crippen LogP contribution in [-0.4, -0.2) is 15.0 Å². The van der Waals surface area contributed by atoms with Crippen LogP contribution in [0, 0.1) is 0 Å². The van der Waals surface area contributed by atoms with Gasteiger partial charge in [-0.15, -0.1) is 0 Å². The standard InChI is InChI=1S/C36H21N3/c1-4-10-22-19(7-1)13-16-25-28-29-26-17-14-20-8-2-5-11-23(20)32(26)38-35(29)36-30(34(28)37-31(22)25)27-18-15-21-9-3-6-12-24(21)33(27)39-36/h1-18,37-39H. The second-order valence-electron chi connectivity index (χ2n) is 10.8. The molecule has 3 heteroatoms. The van der Waals surface area contributed by atoms with Crippen LogP contribution < -0.4 is 0 Å². The average molecular weight is 496 g/mol. The third-order valence-electron chi connectivity index (χ3n) is 8.85. The highest BCUT2D eigenvalue weighted by Gasteiger charge is 2.22. The van der Waals surface area contributed by atoms with E-state index in [1.165, 1.54) is 86.7 Å². The van der Waals surface area contributed by atoms with E-state index in [4.69, 9.17) is 0 Å². The first-order chi connectivity index (χ1) is 19.3. The van der Waals surface area contributed by atoms with E-state index in [2.05, 4.69) is 124 Å². The van der Waals surface area contributed by atoms with E-state index in [-0.39, 0.29) is 0 Å². The molecule has 10 aromatic rings. The Kier molecular flexibility index (Phi) is 3.44. The SMILES string of the molecule is c1ccc2c(c1)ccc1c2[nH]c2c3[nH]c4c5ccccc5ccc4c3c3c4ccc5ccccc5c4[nH]c3c12. The van der Waals surface area contributed by atoms with Crippen molar-refractivity contribution >= 4 is 97.7 Å². The Morgan fingerprint density at radius 1 is 0.256 bits per heavy atom. The summed E-state index contributed by atoms with van der Waals surface area (Å²) < 4.78 is 0. The zero-order chi connectivity index (χ0) is 25.2. The van der Waals surface area contributed by atoms with Crippen LogP contribution in [0.4, 0.5) is 0 Å². The monoisotopic (exact) mass is 495 g/mol. The first kappa shape index (κ1) is 19.8. The van der Waals surface area contributed by atoms with Gasteiger partial charge >= 0.3 is 0 Å². The van der Waals surface area contributed by atoms with Crippen LogP contribution in [-0.2, 0) is 0 Å². The van der Waals surface area contributed by atoms with E-state index in [0.717, 1.165) is 11.0 Å². The molecular formula is C36H21N3. The summed E-state index contributed by atoms with van der Waals surface area (Å²) in [6, 6.07) is 39.6. The van der Waals surface area contributed by atoms with Gasteiger partial charge in [-0.3, -0.25) is 0 Å². The van der Waals surface area contributed by atoms with E-state index in [1.54, 1.807) is 0 Å². The molecule has 0 fully saturated rings. The van der Waals surface area contributed by atoms with Crippen molar-refractivity contribution in [3.05, 3.63) is 109 Å². The van der Waals surface area contributed by atoms with Crippen molar-refractivity contribution in [2.24, 2.45) is 0 Å². The maximum Gasteiger partial charge on any atom is 0.0732 e. The number of benzene rings is 7. The van der Waals surface area contributed by atoms with E-state index in [9.17, 15) is 0 Å². The van der Waals surface area contributed by atoms with Crippen molar-refractivity contribution < 1.29 is 0 Å². The normalized spacial score (nSPS) is 12.6. The van der Waals surface area contributed by atoms with Crippen LogP contribution in [0.1, 0.15) is 0 Å². The molecule has 10 rings (SSSR count). The van der Waals surface area contributed by atoms with Gasteiger partial charge in [-0.25, -0.2) is 0 Å². The lowest BCUT2D eigenvalue weighted by Gasteiger charge is -2.02. The summed E-state index contributed by atoms with van der Waals surface area (Å²) in [4.78, 5) is 11.7. The molecule has 0 aliphatic carbocycles. The summed E-state index contributed by atoms with van der Waals surface area (Å²) in [5.41, 5.74) is 7.08. The van der Waals surface area contributed by atoms with Gasteiger partial charge in [-0.2, -0.15) is 0 Å². The Morgan fingerprint density at radius 3 is 1.10 bits per heavy atom. The molecule has 0 saturated carbocycles. The number of hydrogen-bond acceptors (Lipinski definition) is 0. The molecule has 0 saturated heterocycles. The molecule has 0 aliphatic rings. The molecule has 0 amide bonds. The van der Waals surface area contributed by atoms with Crippen LogP contribution >= 0.6 is 0 Å². The van der Waals surface area contributed by atoms with Gasteiger partial charge in [0.2, 0.25) is 0 Å². The quantitative estimate of drug-likeness (QED) is 0.187. The fraction of sp³-hybridized carbons (Fsp3) is 0. The minimum absolute atomic E-state index is 1.15. The smallest absolute Gasteiger partial charge is 0.0732 e. The Hall–Kier alpha value is -5.28. The summed E-state index contributed by atoms with van der Waals surface area (Å²) in [7, 11) is 0. The Labute approximate surface area is 221 Å². The highest BCUT2D eigenvalue weighted by molar-refractivity contribution is 6.41. The number of aromatic amines is 3. The predicted octanol–water partition coefficient (Wildman–Crippen LogP) is 10.0. The molecule has 0 aliphatic heterocycles. The number of H-pyrrole nitrogens is 3. The van der Waals surface area contributed by atoms with E-state index in [0.29, 0.717) is 0 Å². The lowest BCUT2D eigenvalue weighted by Crippen LogP contribution is -1.77. The van der Waals surface area contributed by atoms with Crippen molar-refractivity contribution in [2.75, 3.05) is 0 Å². The third kappa shape index (κ3) is 2.35. The molecule has 3 heterocycles. The molecule has 3 aromatic heterocycles. The second-order valence-corrected chi connectivity index (χ2v) is 10.8. The number of hydrogen-bond donors (Lipinski definition) is 3. The molecule has 39 heavy (non-hydrogen) atoms. The Bertz CT molecular complexity index is 2660. The second kappa shape index (κ2) is 6.77. The first-order valence-electron chi connectivity index (χ1n) is 13.5. The van der Waals surface area contributed by atoms with Crippen LogP contribution in [0.5, 0.6) is 0 Å². The average Bonchev–Trinajstić information content (AvgIpc) is 3.68. The predicted molar refractivity (Wildman–Crippen MR) is 167 cm³/mol. The number of aromatic nitrogens is 3. The topological polar surface area (TPSA) is 47.4 Å². The van der Waals surface area contributed by atoms with Gasteiger partial charge in [-0.05, 0) is 16.2 Å². The molecule has 180 valence electrons. The molecule has 0 radical (unpaired) electrons. The highest BCUT2D eigenvalue weighted by atomic mass is 14.8. The van der Waals surface area contributed by atoms with Gasteiger partial charge in [0.05, 0.1) is 33.1 Å². The molecule has 3 N–H and O–H groups in total. The highest BCUT2D eigenvalue weighted by Crippen LogP contribution is 2.46. The molecule has 0 spiro atoms. The van der Waals surface area contributed by atoms with Crippen LogP contribution in [0.3, 0.4) is 0 Å². The zero-order valence-corrected chi connectivity index (χ0v) is 20.9. The number of rotatable bonds is 0. The summed E-state index contributed by atoms with van der Waals surface area (Å²) in [6.07, 6.45) is 0. The molecule has 0 unspecified atom stereocenters. The van der Waals surface area contributed by atoms with Gasteiger partial charge in [0, 0.05) is 48.5 Å². The minimum atomic E-state index is 1.15. The minimum Gasteiger partial charge on any atom is -0.353 e. The van der Waals surface area contributed by atoms with Gasteiger partial charge < -0.3 is 15.0 Å². The molecule has 0 atom stereocenters. The molecule has 7 aromatic carbocycles. The molecule has 0 bridgehead atoms. The van der Waals surface area contributed by atoms with E-state index >= 15 is 0 Å². The number of fused-ring (bicyclic) bond motifs is 18. The third-order valence-corrected chi connectivity index (χ3v) is 8.85. The van der Waals surface area contributed by atoms with E-state index < -0.39 is 0 Å². The summed E-state index contributed by atoms with van der Waals surface area (Å²) >= 11 is 0. The van der Waals surface area contributed by atoms with Gasteiger partial charge in [-0.1, -0.05) is 109 Å². The van der Waals surface area contributed by atoms with Gasteiger partial charge in [0.25, 0.3) is 0 Å². The maximum atomic E-state index is 3.94. The number of nitrogens with one attached hydrogen (secondary N) is 3. The fourth-order valence-electron chi connectivity index (χ4n) is 7.15. The van der Waals surface area contributed by atoms with Crippen LogP contribution in [0.2, 0.25) is 0 Å². The van der Waals surface area contributed by atoms with Gasteiger partial charge in [0.15, 0.2) is 0 Å². The summed E-state index contributed by atoms with van der Waals surface area (Å²) in [5.74, 6) is 0. The summed E-state index contributed by atoms with van der Waals surface area (Å²) in [6.45, 7) is 0. The van der Waals surface area contributed by atoms with Crippen LogP contribution in [0.25, 0.3) is 97.7 Å². The van der Waals surface area contributed by atoms with Crippen LogP contribution in [0.15, 0.2) is 109 Å². The Morgan fingerprint density at radius 2 is 0.615 bits per heavy atom. The lowest BCUT2D eigenvalue weighted by atomic mass is 9.98. The summed E-state index contributed by atoms with van der Waals surface area (Å²) in [5, 5.41) is 15.1. The van der Waals surface area contributed by atoms with Crippen molar-refractivity contribution in [1.29, 1.82) is 0 Å². The fourth-order valence-corrected chi connectivity index (χ4v) is 7.15. The van der Waals surface area contributed by atoms with Crippen molar-refractivity contribution in [1.82, 2.24) is 15.0 Å².